The molecule has 0 unspecified atom stereocenters. The van der Waals surface area contributed by atoms with Gasteiger partial charge in [0.15, 0.2) is 0 Å². The molecule has 3 rings (SSSR count). The minimum absolute atomic E-state index is 0.174. The number of hydrogen-bond donors (Lipinski definition) is 1. The largest absolute Gasteiger partial charge is 0.495 e. The number of anilines is 1. The minimum atomic E-state index is -3.61. The van der Waals surface area contributed by atoms with Gasteiger partial charge in [0.2, 0.25) is 15.9 Å². The van der Waals surface area contributed by atoms with E-state index < -0.39 is 10.0 Å². The monoisotopic (exact) mass is 462 g/mol. The van der Waals surface area contributed by atoms with Crippen molar-refractivity contribution >= 4 is 33.4 Å². The van der Waals surface area contributed by atoms with Crippen LogP contribution in [0.1, 0.15) is 36.8 Å². The zero-order chi connectivity index (χ0) is 22.4. The Balaban J connectivity index is 1.74. The van der Waals surface area contributed by atoms with Crippen LogP contribution in [0.3, 0.4) is 0 Å². The molecule has 168 valence electrons. The van der Waals surface area contributed by atoms with Crippen LogP contribution < -0.4 is 10.1 Å². The normalized spacial score (nSPS) is 15.3. The number of rotatable bonds is 7. The number of carbonyl (C=O) groups is 1. The number of nitrogens with one attached hydrogen (secondary N) is 1. The first-order valence-corrected chi connectivity index (χ1v) is 12.9. The van der Waals surface area contributed by atoms with Crippen molar-refractivity contribution < 1.29 is 17.9 Å². The highest BCUT2D eigenvalue weighted by Crippen LogP contribution is 2.30. The van der Waals surface area contributed by atoms with Gasteiger partial charge in [-0.1, -0.05) is 30.5 Å². The molecule has 31 heavy (non-hydrogen) atoms. The van der Waals surface area contributed by atoms with E-state index in [4.69, 9.17) is 4.74 Å². The van der Waals surface area contributed by atoms with E-state index in [2.05, 4.69) is 11.4 Å². The van der Waals surface area contributed by atoms with Gasteiger partial charge in [-0.3, -0.25) is 4.79 Å². The lowest BCUT2D eigenvalue weighted by Gasteiger charge is -2.21. The van der Waals surface area contributed by atoms with E-state index in [0.29, 0.717) is 24.5 Å². The predicted molar refractivity (Wildman–Crippen MR) is 125 cm³/mol. The summed E-state index contributed by atoms with van der Waals surface area (Å²) in [6.45, 7) is 5.12. The van der Waals surface area contributed by atoms with Crippen molar-refractivity contribution in [2.24, 2.45) is 0 Å². The smallest absolute Gasteiger partial charge is 0.243 e. The minimum Gasteiger partial charge on any atom is -0.495 e. The van der Waals surface area contributed by atoms with Crippen LogP contribution in [0.15, 0.2) is 46.2 Å². The highest BCUT2D eigenvalue weighted by molar-refractivity contribution is 8.00. The lowest BCUT2D eigenvalue weighted by Crippen LogP contribution is -2.32. The maximum Gasteiger partial charge on any atom is 0.243 e. The van der Waals surface area contributed by atoms with Crippen LogP contribution in [0.4, 0.5) is 5.69 Å². The molecule has 0 bridgehead atoms. The van der Waals surface area contributed by atoms with E-state index in [1.165, 1.54) is 30.5 Å². The van der Waals surface area contributed by atoms with Crippen molar-refractivity contribution in [3.05, 3.63) is 47.5 Å². The third-order valence-electron chi connectivity index (χ3n) is 5.34. The second-order valence-electron chi connectivity index (χ2n) is 7.79. The maximum atomic E-state index is 13.1. The molecule has 0 aromatic heterocycles. The summed E-state index contributed by atoms with van der Waals surface area (Å²) in [7, 11) is -2.11. The number of amides is 1. The Hall–Kier alpha value is -2.03. The number of sulfonamides is 1. The molecule has 1 N–H and O–H groups in total. The Kier molecular flexibility index (Phi) is 8.02. The van der Waals surface area contributed by atoms with Crippen LogP contribution >= 0.6 is 11.8 Å². The molecule has 0 atom stereocenters. The second-order valence-corrected chi connectivity index (χ2v) is 10.7. The molecular formula is C23H30N2O4S2. The second kappa shape index (κ2) is 10.5. The zero-order valence-electron chi connectivity index (χ0n) is 18.3. The molecule has 0 spiro atoms. The Bertz CT molecular complexity index is 1030. The van der Waals surface area contributed by atoms with Gasteiger partial charge in [-0.25, -0.2) is 8.42 Å². The Morgan fingerprint density at radius 2 is 1.77 bits per heavy atom. The molecule has 1 aliphatic rings. The molecule has 1 amide bonds. The first kappa shape index (κ1) is 23.6. The molecule has 1 heterocycles. The van der Waals surface area contributed by atoms with Gasteiger partial charge in [-0.05, 0) is 56.5 Å². The van der Waals surface area contributed by atoms with E-state index >= 15 is 0 Å². The molecule has 8 heteroatoms. The lowest BCUT2D eigenvalue weighted by atomic mass is 10.2. The van der Waals surface area contributed by atoms with Crippen LogP contribution in [-0.4, -0.2) is 44.6 Å². The summed E-state index contributed by atoms with van der Waals surface area (Å²) < 4.78 is 33.1. The van der Waals surface area contributed by atoms with Crippen molar-refractivity contribution in [1.82, 2.24) is 4.31 Å². The van der Waals surface area contributed by atoms with Gasteiger partial charge in [-0.15, -0.1) is 11.8 Å². The number of thioether (sulfide) groups is 1. The molecular weight excluding hydrogens is 432 g/mol. The molecule has 0 aliphatic carbocycles. The summed E-state index contributed by atoms with van der Waals surface area (Å²) in [6.07, 6.45) is 3.84. The Morgan fingerprint density at radius 1 is 1.06 bits per heavy atom. The molecule has 0 radical (unpaired) electrons. The molecule has 2 aromatic carbocycles. The van der Waals surface area contributed by atoms with Crippen molar-refractivity contribution in [2.75, 3.05) is 31.3 Å². The molecule has 1 aliphatic heterocycles. The van der Waals surface area contributed by atoms with Crippen LogP contribution in [0.5, 0.6) is 5.75 Å². The molecule has 1 fully saturated rings. The fourth-order valence-electron chi connectivity index (χ4n) is 3.67. The van der Waals surface area contributed by atoms with Gasteiger partial charge in [-0.2, -0.15) is 4.31 Å². The van der Waals surface area contributed by atoms with E-state index in [9.17, 15) is 13.2 Å². The first-order chi connectivity index (χ1) is 14.8. The molecule has 2 aromatic rings. The molecule has 1 saturated heterocycles. The summed E-state index contributed by atoms with van der Waals surface area (Å²) in [6, 6.07) is 10.8. The lowest BCUT2D eigenvalue weighted by molar-refractivity contribution is -0.113. The van der Waals surface area contributed by atoms with Crippen LogP contribution in [0, 0.1) is 13.8 Å². The SMILES string of the molecule is COc1ccc(S(=O)(=O)N2CCCCCC2)cc1NC(=O)CSc1ccc(C)cc1C. The van der Waals surface area contributed by atoms with Crippen molar-refractivity contribution in [3.8, 4) is 5.75 Å². The summed E-state index contributed by atoms with van der Waals surface area (Å²) in [5.74, 6) is 0.433. The van der Waals surface area contributed by atoms with E-state index in [0.717, 1.165) is 36.1 Å². The van der Waals surface area contributed by atoms with Gasteiger partial charge in [0, 0.05) is 18.0 Å². The maximum absolute atomic E-state index is 13.1. The van der Waals surface area contributed by atoms with Crippen molar-refractivity contribution in [1.29, 1.82) is 0 Å². The van der Waals surface area contributed by atoms with E-state index in [1.807, 2.05) is 26.0 Å². The third kappa shape index (κ3) is 6.02. The number of carbonyl (C=O) groups excluding carboxylic acids is 1. The molecule has 0 saturated carbocycles. The highest BCUT2D eigenvalue weighted by Gasteiger charge is 2.26. The number of ether oxygens (including phenoxy) is 1. The first-order valence-electron chi connectivity index (χ1n) is 10.5. The van der Waals surface area contributed by atoms with Gasteiger partial charge >= 0.3 is 0 Å². The van der Waals surface area contributed by atoms with Crippen LogP contribution in [0.2, 0.25) is 0 Å². The van der Waals surface area contributed by atoms with Gasteiger partial charge in [0.05, 0.1) is 23.4 Å². The number of aryl methyl sites for hydroxylation is 2. The molecule has 6 nitrogen and oxygen atoms in total. The number of hydrogen-bond acceptors (Lipinski definition) is 5. The number of benzene rings is 2. The summed E-state index contributed by atoms with van der Waals surface area (Å²) in [5, 5.41) is 2.82. The highest BCUT2D eigenvalue weighted by atomic mass is 32.2. The predicted octanol–water partition coefficient (Wildman–Crippen LogP) is 4.61. The fraction of sp³-hybridized carbons (Fsp3) is 0.435. The Morgan fingerprint density at radius 3 is 2.42 bits per heavy atom. The van der Waals surface area contributed by atoms with Gasteiger partial charge in [0.25, 0.3) is 0 Å². The van der Waals surface area contributed by atoms with Crippen molar-refractivity contribution in [2.45, 2.75) is 49.3 Å². The van der Waals surface area contributed by atoms with Gasteiger partial charge < -0.3 is 10.1 Å². The Labute approximate surface area is 189 Å². The fourth-order valence-corrected chi connectivity index (χ4v) is 6.02. The summed E-state index contributed by atoms with van der Waals surface area (Å²) in [4.78, 5) is 13.8. The summed E-state index contributed by atoms with van der Waals surface area (Å²) in [5.41, 5.74) is 2.67. The van der Waals surface area contributed by atoms with Crippen LogP contribution in [-0.2, 0) is 14.8 Å². The average molecular weight is 463 g/mol. The van der Waals surface area contributed by atoms with E-state index in [-0.39, 0.29) is 16.6 Å². The van der Waals surface area contributed by atoms with Crippen LogP contribution in [0.25, 0.3) is 0 Å². The zero-order valence-corrected chi connectivity index (χ0v) is 19.9. The van der Waals surface area contributed by atoms with Crippen molar-refractivity contribution in [3.63, 3.8) is 0 Å². The standard InChI is InChI=1S/C23H30N2O4S2/c1-17-8-11-22(18(2)14-17)30-16-23(26)24-20-15-19(9-10-21(20)29-3)31(27,28)25-12-6-4-5-7-13-25/h8-11,14-15H,4-7,12-13,16H2,1-3H3,(H,24,26). The summed E-state index contributed by atoms with van der Waals surface area (Å²) >= 11 is 1.45. The topological polar surface area (TPSA) is 75.7 Å². The quantitative estimate of drug-likeness (QED) is 0.608. The number of methoxy groups -OCH3 is 1. The number of nitrogens with zero attached hydrogens (tertiary/aromatic N) is 1. The third-order valence-corrected chi connectivity index (χ3v) is 8.41. The average Bonchev–Trinajstić information content (AvgIpc) is 3.03. The van der Waals surface area contributed by atoms with E-state index in [1.54, 1.807) is 16.4 Å². The van der Waals surface area contributed by atoms with Gasteiger partial charge in [0.1, 0.15) is 5.75 Å².